The van der Waals surface area contributed by atoms with Crippen molar-refractivity contribution < 1.29 is 47.2 Å². The Labute approximate surface area is 360 Å². The Kier molecular flexibility index (Phi) is 37.8. The lowest BCUT2D eigenvalue weighted by atomic mass is 10.1. The van der Waals surface area contributed by atoms with Crippen LogP contribution in [0.5, 0.6) is 0 Å². The molecule has 0 aliphatic heterocycles. The number of esters is 2. The fraction of sp³-hybridized carbons (Fsp3) is 0.708. The van der Waals surface area contributed by atoms with Crippen LogP contribution in [-0.2, 0) is 32.7 Å². The van der Waals surface area contributed by atoms with Crippen LogP contribution in [0.4, 0.5) is 0 Å². The zero-order valence-corrected chi connectivity index (χ0v) is 38.7. The molecule has 10 nitrogen and oxygen atoms in total. The average Bonchev–Trinajstić information content (AvgIpc) is 3.18. The standard InChI is InChI=1S/C48H84NO9P/c1-6-8-10-12-14-15-16-17-18-19-20-21-22-23-27-31-35-39-47(51)55-43-46(44-57-59(53,54)56-42-41-49(3,4)5)58-48(52)40-36-32-28-25-24-26-30-34-38-45(50)37-33-29-13-11-9-7-2/h9,11,17-18,25-26,28-30,33-34,38,45-46,50H,6-8,10,12-16,19-24,27,31-32,35-37,39-44H2,1-5H3/b11-9-,18-17-,28-25-,30-26-,33-29-,38-34+. The molecule has 0 spiro atoms. The third kappa shape index (κ3) is 43.3. The van der Waals surface area contributed by atoms with Crippen molar-refractivity contribution in [2.45, 2.75) is 174 Å². The zero-order chi connectivity index (χ0) is 43.7. The van der Waals surface area contributed by atoms with E-state index in [0.29, 0.717) is 43.1 Å². The number of hydrogen-bond donors (Lipinski definition) is 1. The Balaban J connectivity index is 4.51. The number of carbonyl (C=O) groups is 2. The summed E-state index contributed by atoms with van der Waals surface area (Å²) in [6, 6.07) is 0. The van der Waals surface area contributed by atoms with Crippen LogP contribution < -0.4 is 4.89 Å². The largest absolute Gasteiger partial charge is 0.756 e. The van der Waals surface area contributed by atoms with Gasteiger partial charge in [0.25, 0.3) is 7.82 Å². The first-order valence-electron chi connectivity index (χ1n) is 22.8. The molecule has 0 aliphatic carbocycles. The van der Waals surface area contributed by atoms with Gasteiger partial charge in [0.2, 0.25) is 0 Å². The Morgan fingerprint density at radius 1 is 0.644 bits per heavy atom. The number of phosphoric acid groups is 1. The van der Waals surface area contributed by atoms with E-state index in [-0.39, 0.29) is 26.1 Å². The Hall–Kier alpha value is -2.59. The summed E-state index contributed by atoms with van der Waals surface area (Å²) in [6.45, 7) is 3.93. The van der Waals surface area contributed by atoms with Gasteiger partial charge in [-0.2, -0.15) is 0 Å². The van der Waals surface area contributed by atoms with Crippen molar-refractivity contribution in [2.75, 3.05) is 47.5 Å². The second-order valence-electron chi connectivity index (χ2n) is 16.2. The van der Waals surface area contributed by atoms with Gasteiger partial charge in [0, 0.05) is 12.8 Å². The van der Waals surface area contributed by atoms with Crippen LogP contribution in [0.1, 0.15) is 162 Å². The van der Waals surface area contributed by atoms with Gasteiger partial charge in [0.15, 0.2) is 6.10 Å². The van der Waals surface area contributed by atoms with E-state index in [2.05, 4.69) is 44.2 Å². The number of likely N-dealkylation sites (N-methyl/N-ethyl adjacent to an activating group) is 1. The molecule has 0 fully saturated rings. The van der Waals surface area contributed by atoms with Crippen LogP contribution in [0.3, 0.4) is 0 Å². The highest BCUT2D eigenvalue weighted by Gasteiger charge is 2.21. The van der Waals surface area contributed by atoms with Crippen LogP contribution in [-0.4, -0.2) is 81.2 Å². The van der Waals surface area contributed by atoms with E-state index in [1.807, 2.05) is 57.6 Å². The molecule has 0 bridgehead atoms. The number of allylic oxidation sites excluding steroid dienone is 10. The molecule has 3 atom stereocenters. The van der Waals surface area contributed by atoms with E-state index in [4.69, 9.17) is 18.5 Å². The number of quaternary nitrogens is 1. The van der Waals surface area contributed by atoms with Crippen LogP contribution in [0.2, 0.25) is 0 Å². The highest BCUT2D eigenvalue weighted by atomic mass is 31.2. The fourth-order valence-electron chi connectivity index (χ4n) is 5.71. The number of aliphatic hydroxyl groups excluding tert-OH is 1. The van der Waals surface area contributed by atoms with Crippen LogP contribution in [0.15, 0.2) is 72.9 Å². The molecule has 0 aromatic rings. The number of ether oxygens (including phenoxy) is 2. The predicted octanol–water partition coefficient (Wildman–Crippen LogP) is 11.4. The first-order chi connectivity index (χ1) is 28.4. The quantitative estimate of drug-likeness (QED) is 0.0160. The highest BCUT2D eigenvalue weighted by Crippen LogP contribution is 2.38. The lowest BCUT2D eigenvalue weighted by Gasteiger charge is -2.28. The monoisotopic (exact) mass is 850 g/mol. The van der Waals surface area contributed by atoms with E-state index in [1.54, 1.807) is 6.08 Å². The Morgan fingerprint density at radius 3 is 1.86 bits per heavy atom. The zero-order valence-electron chi connectivity index (χ0n) is 37.8. The summed E-state index contributed by atoms with van der Waals surface area (Å²) >= 11 is 0. The van der Waals surface area contributed by atoms with E-state index >= 15 is 0 Å². The molecule has 0 aromatic carbocycles. The number of carbonyl (C=O) groups excluding carboxylic acids is 2. The summed E-state index contributed by atoms with van der Waals surface area (Å²) in [5.41, 5.74) is 0. The van der Waals surface area contributed by atoms with Crippen molar-refractivity contribution in [3.8, 4) is 0 Å². The van der Waals surface area contributed by atoms with Gasteiger partial charge in [-0.15, -0.1) is 0 Å². The SMILES string of the molecule is CC/C=C\C/C=C\CC(O)/C=C/C=C\C/C=C\CCCC(=O)OC(COC(=O)CCCCCCCCC/C=C\CCCCCCCC)COP(=O)([O-])OCC[N+](C)(C)C. The van der Waals surface area contributed by atoms with Gasteiger partial charge < -0.3 is 33.0 Å². The molecule has 0 saturated heterocycles. The summed E-state index contributed by atoms with van der Waals surface area (Å²) in [4.78, 5) is 37.6. The van der Waals surface area contributed by atoms with Crippen molar-refractivity contribution in [2.24, 2.45) is 0 Å². The number of aliphatic hydroxyl groups is 1. The van der Waals surface area contributed by atoms with E-state index in [1.165, 1.54) is 64.2 Å². The summed E-state index contributed by atoms with van der Waals surface area (Å²) in [5.74, 6) is -0.952. The van der Waals surface area contributed by atoms with E-state index in [0.717, 1.165) is 38.5 Å². The molecule has 0 radical (unpaired) electrons. The van der Waals surface area contributed by atoms with Gasteiger partial charge in [-0.3, -0.25) is 14.2 Å². The van der Waals surface area contributed by atoms with Crippen molar-refractivity contribution in [3.63, 3.8) is 0 Å². The first kappa shape index (κ1) is 56.4. The van der Waals surface area contributed by atoms with Gasteiger partial charge in [0.1, 0.15) is 19.8 Å². The molecule has 0 aromatic heterocycles. The third-order valence-corrected chi connectivity index (χ3v) is 10.3. The van der Waals surface area contributed by atoms with Gasteiger partial charge in [-0.1, -0.05) is 151 Å². The molecule has 0 saturated carbocycles. The average molecular weight is 850 g/mol. The minimum atomic E-state index is -4.66. The molecular formula is C48H84NO9P. The lowest BCUT2D eigenvalue weighted by Crippen LogP contribution is -2.37. The third-order valence-electron chi connectivity index (χ3n) is 9.29. The maximum Gasteiger partial charge on any atom is 0.306 e. The molecule has 1 N–H and O–H groups in total. The number of phosphoric ester groups is 1. The lowest BCUT2D eigenvalue weighted by molar-refractivity contribution is -0.870. The predicted molar refractivity (Wildman–Crippen MR) is 242 cm³/mol. The highest BCUT2D eigenvalue weighted by molar-refractivity contribution is 7.45. The molecular weight excluding hydrogens is 766 g/mol. The molecule has 340 valence electrons. The molecule has 0 aliphatic rings. The fourth-order valence-corrected chi connectivity index (χ4v) is 6.44. The Morgan fingerprint density at radius 2 is 1.20 bits per heavy atom. The normalized spacial score (nSPS) is 14.8. The number of hydrogen-bond acceptors (Lipinski definition) is 9. The molecule has 59 heavy (non-hydrogen) atoms. The summed E-state index contributed by atoms with van der Waals surface area (Å²) in [7, 11) is 1.08. The summed E-state index contributed by atoms with van der Waals surface area (Å²) < 4.78 is 33.8. The van der Waals surface area contributed by atoms with Gasteiger partial charge in [-0.25, -0.2) is 0 Å². The molecule has 3 unspecified atom stereocenters. The van der Waals surface area contributed by atoms with E-state index in [9.17, 15) is 24.2 Å². The number of rotatable bonds is 40. The van der Waals surface area contributed by atoms with E-state index < -0.39 is 38.6 Å². The van der Waals surface area contributed by atoms with Gasteiger partial charge in [0.05, 0.1) is 33.9 Å². The molecule has 0 heterocycles. The second kappa shape index (κ2) is 39.5. The topological polar surface area (TPSA) is 131 Å². The van der Waals surface area contributed by atoms with Crippen LogP contribution >= 0.6 is 7.82 Å². The minimum absolute atomic E-state index is 0.0566. The Bertz CT molecular complexity index is 1250. The van der Waals surface area contributed by atoms with Crippen molar-refractivity contribution in [1.29, 1.82) is 0 Å². The molecule has 0 amide bonds. The second-order valence-corrected chi connectivity index (χ2v) is 17.6. The summed E-state index contributed by atoms with van der Waals surface area (Å²) in [5, 5.41) is 10.0. The molecule has 0 rings (SSSR count). The first-order valence-corrected chi connectivity index (χ1v) is 24.2. The number of nitrogens with zero attached hydrogens (tertiary/aromatic N) is 1. The van der Waals surface area contributed by atoms with Crippen molar-refractivity contribution >= 4 is 19.8 Å². The number of unbranched alkanes of at least 4 members (excludes halogenated alkanes) is 14. The maximum atomic E-state index is 12.7. The summed E-state index contributed by atoms with van der Waals surface area (Å²) in [6.07, 6.45) is 45.4. The van der Waals surface area contributed by atoms with Crippen molar-refractivity contribution in [3.05, 3.63) is 72.9 Å². The minimum Gasteiger partial charge on any atom is -0.756 e. The molecule has 11 heteroatoms. The van der Waals surface area contributed by atoms with Gasteiger partial charge >= 0.3 is 11.9 Å². The smallest absolute Gasteiger partial charge is 0.306 e. The van der Waals surface area contributed by atoms with Crippen LogP contribution in [0, 0.1) is 0 Å². The van der Waals surface area contributed by atoms with Gasteiger partial charge in [-0.05, 0) is 70.6 Å². The van der Waals surface area contributed by atoms with Crippen molar-refractivity contribution in [1.82, 2.24) is 0 Å². The van der Waals surface area contributed by atoms with Crippen LogP contribution in [0.25, 0.3) is 0 Å². The maximum absolute atomic E-state index is 12.7.